The highest BCUT2D eigenvalue weighted by molar-refractivity contribution is 7.78. The van der Waals surface area contributed by atoms with Crippen LogP contribution in [0.1, 0.15) is 26.2 Å². The lowest BCUT2D eigenvalue weighted by molar-refractivity contribution is 0.778. The van der Waals surface area contributed by atoms with E-state index in [-0.39, 0.29) is 0 Å². The van der Waals surface area contributed by atoms with Crippen LogP contribution in [-0.2, 0) is 11.8 Å². The zero-order chi connectivity index (χ0) is 8.65. The molecule has 1 rings (SSSR count). The molecule has 0 radical (unpaired) electrons. The standard InChI is InChI=1S/C11H16S/c1-2-3-7-10-12-11-8-5-4-6-9-11/h4-6,8-9H,2-3,7,10H2,1H3/p+1. The van der Waals surface area contributed by atoms with Crippen molar-refractivity contribution in [1.29, 1.82) is 0 Å². The van der Waals surface area contributed by atoms with Crippen molar-refractivity contribution in [2.75, 3.05) is 5.75 Å². The third-order valence-corrected chi connectivity index (χ3v) is 3.02. The molecule has 0 bridgehead atoms. The van der Waals surface area contributed by atoms with Crippen LogP contribution in [0.5, 0.6) is 0 Å². The van der Waals surface area contributed by atoms with Crippen LogP contribution in [0.3, 0.4) is 0 Å². The molecule has 0 fully saturated rings. The second-order valence-electron chi connectivity index (χ2n) is 2.92. The van der Waals surface area contributed by atoms with E-state index in [4.69, 9.17) is 0 Å². The van der Waals surface area contributed by atoms with E-state index in [1.165, 1.54) is 41.7 Å². The Balaban J connectivity index is 2.16. The van der Waals surface area contributed by atoms with Crippen LogP contribution >= 0.6 is 0 Å². The lowest BCUT2D eigenvalue weighted by Crippen LogP contribution is -1.89. The molecule has 0 N–H and O–H groups in total. The van der Waals surface area contributed by atoms with Gasteiger partial charge in [-0.1, -0.05) is 31.5 Å². The van der Waals surface area contributed by atoms with Crippen molar-refractivity contribution in [3.05, 3.63) is 30.3 Å². The summed E-state index contributed by atoms with van der Waals surface area (Å²) >= 11 is 1.49. The molecule has 0 aliphatic heterocycles. The molecule has 0 amide bonds. The van der Waals surface area contributed by atoms with Gasteiger partial charge in [-0.25, -0.2) is 0 Å². The van der Waals surface area contributed by atoms with Crippen molar-refractivity contribution in [2.45, 2.75) is 31.1 Å². The number of unbranched alkanes of at least 4 members (excludes halogenated alkanes) is 2. The van der Waals surface area contributed by atoms with Crippen LogP contribution in [0.15, 0.2) is 35.2 Å². The Bertz CT molecular complexity index is 193. The molecule has 1 heteroatoms. The number of rotatable bonds is 5. The van der Waals surface area contributed by atoms with E-state index >= 15 is 0 Å². The first-order chi connectivity index (χ1) is 5.93. The van der Waals surface area contributed by atoms with Crippen LogP contribution in [0.4, 0.5) is 0 Å². The highest BCUT2D eigenvalue weighted by Gasteiger charge is 1.99. The number of hydrogen-bond acceptors (Lipinski definition) is 0. The minimum absolute atomic E-state index is 1.32. The van der Waals surface area contributed by atoms with Crippen molar-refractivity contribution < 1.29 is 0 Å². The number of hydrogen-bond donors (Lipinski definition) is 0. The zero-order valence-corrected chi connectivity index (χ0v) is 8.56. The molecule has 1 aromatic rings. The molecular weight excluding hydrogens is 164 g/mol. The molecule has 1 aromatic carbocycles. The summed E-state index contributed by atoms with van der Waals surface area (Å²) in [5.74, 6) is 1.32. The summed E-state index contributed by atoms with van der Waals surface area (Å²) in [5, 5.41) is 0. The fourth-order valence-electron chi connectivity index (χ4n) is 1.10. The summed E-state index contributed by atoms with van der Waals surface area (Å²) < 4.78 is 0. The van der Waals surface area contributed by atoms with Crippen LogP contribution in [0.2, 0.25) is 0 Å². The summed E-state index contributed by atoms with van der Waals surface area (Å²) in [6.07, 6.45) is 4.07. The van der Waals surface area contributed by atoms with Crippen molar-refractivity contribution in [2.24, 2.45) is 0 Å². The van der Waals surface area contributed by atoms with Gasteiger partial charge in [0, 0.05) is 11.8 Å². The Morgan fingerprint density at radius 2 is 1.83 bits per heavy atom. The van der Waals surface area contributed by atoms with E-state index in [1.54, 1.807) is 0 Å². The normalized spacial score (nSPS) is 10.1. The quantitative estimate of drug-likeness (QED) is 0.372. The van der Waals surface area contributed by atoms with Gasteiger partial charge in [0.2, 0.25) is 0 Å². The Morgan fingerprint density at radius 3 is 2.50 bits per heavy atom. The summed E-state index contributed by atoms with van der Waals surface area (Å²) in [7, 11) is 0. The average molecular weight is 181 g/mol. The summed E-state index contributed by atoms with van der Waals surface area (Å²) in [4.78, 5) is 1.45. The van der Waals surface area contributed by atoms with Gasteiger partial charge in [-0.3, -0.25) is 0 Å². The largest absolute Gasteiger partial charge is 0.152 e. The predicted octanol–water partition coefficient (Wildman–Crippen LogP) is 3.05. The maximum absolute atomic E-state index is 2.25. The van der Waals surface area contributed by atoms with Gasteiger partial charge in [-0.2, -0.15) is 0 Å². The third kappa shape index (κ3) is 3.82. The predicted molar refractivity (Wildman–Crippen MR) is 57.9 cm³/mol. The van der Waals surface area contributed by atoms with Gasteiger partial charge in [-0.15, -0.1) is 0 Å². The molecule has 0 saturated carbocycles. The van der Waals surface area contributed by atoms with E-state index in [0.717, 1.165) is 0 Å². The maximum atomic E-state index is 2.25. The summed E-state index contributed by atoms with van der Waals surface area (Å²) in [5.41, 5.74) is 0. The van der Waals surface area contributed by atoms with Crippen LogP contribution in [-0.4, -0.2) is 5.75 Å². The Kier molecular flexibility index (Phi) is 4.93. The van der Waals surface area contributed by atoms with E-state index in [9.17, 15) is 0 Å². The molecule has 0 saturated heterocycles. The third-order valence-electron chi connectivity index (χ3n) is 1.81. The van der Waals surface area contributed by atoms with Gasteiger partial charge in [0.05, 0.1) is 0 Å². The second-order valence-corrected chi connectivity index (χ2v) is 4.20. The van der Waals surface area contributed by atoms with Crippen LogP contribution in [0, 0.1) is 0 Å². The van der Waals surface area contributed by atoms with Crippen molar-refractivity contribution in [1.82, 2.24) is 0 Å². The van der Waals surface area contributed by atoms with Gasteiger partial charge in [0.1, 0.15) is 5.75 Å². The molecule has 0 spiro atoms. The SMILES string of the molecule is CCCCC[SH+]c1ccccc1. The molecule has 0 heterocycles. The number of benzene rings is 1. The first-order valence-corrected chi connectivity index (χ1v) is 5.74. The number of thiol groups is 1. The van der Waals surface area contributed by atoms with Gasteiger partial charge in [-0.05, 0) is 25.0 Å². The van der Waals surface area contributed by atoms with Crippen LogP contribution in [0.25, 0.3) is 0 Å². The van der Waals surface area contributed by atoms with E-state index < -0.39 is 0 Å². The molecule has 0 aliphatic rings. The zero-order valence-electron chi connectivity index (χ0n) is 7.66. The highest BCUT2D eigenvalue weighted by atomic mass is 32.2. The van der Waals surface area contributed by atoms with Crippen LogP contribution < -0.4 is 0 Å². The smallest absolute Gasteiger partial charge is 0.0654 e. The van der Waals surface area contributed by atoms with E-state index in [0.29, 0.717) is 0 Å². The van der Waals surface area contributed by atoms with Crippen molar-refractivity contribution >= 4 is 11.8 Å². The molecule has 12 heavy (non-hydrogen) atoms. The molecule has 0 unspecified atom stereocenters. The topological polar surface area (TPSA) is 0 Å². The lowest BCUT2D eigenvalue weighted by atomic mass is 10.3. The fraction of sp³-hybridized carbons (Fsp3) is 0.455. The highest BCUT2D eigenvalue weighted by Crippen LogP contribution is 2.04. The Labute approximate surface area is 79.4 Å². The second kappa shape index (κ2) is 6.13. The van der Waals surface area contributed by atoms with Gasteiger partial charge >= 0.3 is 0 Å². The monoisotopic (exact) mass is 181 g/mol. The van der Waals surface area contributed by atoms with Gasteiger partial charge < -0.3 is 0 Å². The fourth-order valence-corrected chi connectivity index (χ4v) is 2.13. The first-order valence-electron chi connectivity index (χ1n) is 4.66. The molecule has 66 valence electrons. The molecule has 0 aliphatic carbocycles. The molecule has 0 aromatic heterocycles. The van der Waals surface area contributed by atoms with Crippen molar-refractivity contribution in [3.63, 3.8) is 0 Å². The Morgan fingerprint density at radius 1 is 1.08 bits per heavy atom. The molecule has 0 atom stereocenters. The lowest BCUT2D eigenvalue weighted by Gasteiger charge is -1.91. The summed E-state index contributed by atoms with van der Waals surface area (Å²) in [6.45, 7) is 2.25. The first kappa shape index (κ1) is 9.66. The summed E-state index contributed by atoms with van der Waals surface area (Å²) in [6, 6.07) is 10.7. The molecule has 0 nitrogen and oxygen atoms in total. The average Bonchev–Trinajstić information content (AvgIpc) is 2.14. The maximum Gasteiger partial charge on any atom is 0.152 e. The van der Waals surface area contributed by atoms with E-state index in [2.05, 4.69) is 37.3 Å². The Hall–Kier alpha value is -0.430. The van der Waals surface area contributed by atoms with Gasteiger partial charge in [0.15, 0.2) is 4.90 Å². The van der Waals surface area contributed by atoms with Crippen molar-refractivity contribution in [3.8, 4) is 0 Å². The minimum atomic E-state index is 1.32. The van der Waals surface area contributed by atoms with E-state index in [1.807, 2.05) is 0 Å². The minimum Gasteiger partial charge on any atom is -0.0654 e. The molecular formula is C11H17S+. The van der Waals surface area contributed by atoms with Gasteiger partial charge in [0.25, 0.3) is 0 Å².